The van der Waals surface area contributed by atoms with Crippen molar-refractivity contribution in [3.63, 3.8) is 0 Å². The van der Waals surface area contributed by atoms with Gasteiger partial charge in [0.2, 0.25) is 0 Å². The van der Waals surface area contributed by atoms with Gasteiger partial charge in [-0.2, -0.15) is 0 Å². The third kappa shape index (κ3) is 3.66. The molecule has 0 atom stereocenters. The van der Waals surface area contributed by atoms with Crippen LogP contribution < -0.4 is 20.7 Å². The van der Waals surface area contributed by atoms with Gasteiger partial charge in [-0.25, -0.2) is 4.79 Å². The number of benzene rings is 2. The summed E-state index contributed by atoms with van der Waals surface area (Å²) < 4.78 is 5.14. The number of nitrogens with zero attached hydrogens (tertiary/aromatic N) is 1. The Bertz CT molecular complexity index is 628. The number of amides is 2. The van der Waals surface area contributed by atoms with Gasteiger partial charge in [0.25, 0.3) is 0 Å². The molecule has 0 aliphatic heterocycles. The average molecular weight is 285 g/mol. The minimum Gasteiger partial charge on any atom is -0.497 e. The van der Waals surface area contributed by atoms with Crippen LogP contribution in [0.1, 0.15) is 6.92 Å². The number of anilines is 3. The molecule has 21 heavy (non-hydrogen) atoms. The maximum Gasteiger partial charge on any atom is 0.326 e. The molecule has 2 amide bonds. The zero-order valence-electron chi connectivity index (χ0n) is 12.2. The van der Waals surface area contributed by atoms with E-state index in [2.05, 4.69) is 5.32 Å². The molecule has 0 saturated heterocycles. The lowest BCUT2D eigenvalue weighted by Gasteiger charge is -2.22. The van der Waals surface area contributed by atoms with Crippen LogP contribution in [0.3, 0.4) is 0 Å². The van der Waals surface area contributed by atoms with Crippen LogP contribution in [-0.4, -0.2) is 19.7 Å². The standard InChI is InChI=1S/C16H19N3O2/c1-3-19(14-8-4-6-12(17)10-14)16(20)18-13-7-5-9-15(11-13)21-2/h4-11H,3,17H2,1-2H3,(H,18,20). The average Bonchev–Trinajstić information content (AvgIpc) is 2.48. The van der Waals surface area contributed by atoms with Gasteiger partial charge in [-0.15, -0.1) is 0 Å². The summed E-state index contributed by atoms with van der Waals surface area (Å²) in [5.41, 5.74) is 7.84. The van der Waals surface area contributed by atoms with E-state index in [-0.39, 0.29) is 6.03 Å². The van der Waals surface area contributed by atoms with Gasteiger partial charge in [-0.3, -0.25) is 4.90 Å². The molecular formula is C16H19N3O2. The van der Waals surface area contributed by atoms with Crippen molar-refractivity contribution in [2.24, 2.45) is 0 Å². The summed E-state index contributed by atoms with van der Waals surface area (Å²) in [6.45, 7) is 2.45. The van der Waals surface area contributed by atoms with E-state index in [9.17, 15) is 4.79 Å². The van der Waals surface area contributed by atoms with E-state index in [4.69, 9.17) is 10.5 Å². The third-order valence-electron chi connectivity index (χ3n) is 3.06. The molecule has 0 bridgehead atoms. The normalized spacial score (nSPS) is 10.0. The zero-order chi connectivity index (χ0) is 15.2. The number of nitrogens with one attached hydrogen (secondary N) is 1. The van der Waals surface area contributed by atoms with E-state index in [1.165, 1.54) is 0 Å². The van der Waals surface area contributed by atoms with Gasteiger partial charge in [0.05, 0.1) is 7.11 Å². The van der Waals surface area contributed by atoms with Crippen LogP contribution in [0.25, 0.3) is 0 Å². The van der Waals surface area contributed by atoms with E-state index in [0.29, 0.717) is 23.7 Å². The highest BCUT2D eigenvalue weighted by Gasteiger charge is 2.14. The second kappa shape index (κ2) is 6.65. The molecular weight excluding hydrogens is 266 g/mol. The Morgan fingerprint density at radius 1 is 1.24 bits per heavy atom. The van der Waals surface area contributed by atoms with Crippen LogP contribution in [-0.2, 0) is 0 Å². The molecule has 0 fully saturated rings. The highest BCUT2D eigenvalue weighted by molar-refractivity contribution is 6.02. The summed E-state index contributed by atoms with van der Waals surface area (Å²) in [7, 11) is 1.59. The molecule has 0 aliphatic carbocycles. The Balaban J connectivity index is 2.16. The fourth-order valence-electron chi connectivity index (χ4n) is 2.03. The van der Waals surface area contributed by atoms with E-state index >= 15 is 0 Å². The summed E-state index contributed by atoms with van der Waals surface area (Å²) in [4.78, 5) is 14.0. The molecule has 110 valence electrons. The van der Waals surface area contributed by atoms with Crippen molar-refractivity contribution < 1.29 is 9.53 Å². The van der Waals surface area contributed by atoms with Crippen molar-refractivity contribution in [3.05, 3.63) is 48.5 Å². The highest BCUT2D eigenvalue weighted by Crippen LogP contribution is 2.20. The molecule has 5 heteroatoms. The molecule has 0 spiro atoms. The molecule has 2 aromatic carbocycles. The number of nitrogen functional groups attached to an aromatic ring is 1. The lowest BCUT2D eigenvalue weighted by molar-refractivity contribution is 0.257. The predicted molar refractivity (Wildman–Crippen MR) is 85.9 cm³/mol. The molecule has 2 aromatic rings. The Morgan fingerprint density at radius 2 is 2.00 bits per heavy atom. The number of rotatable bonds is 4. The molecule has 0 saturated carbocycles. The number of urea groups is 1. The van der Waals surface area contributed by atoms with Crippen LogP contribution in [0.2, 0.25) is 0 Å². The van der Waals surface area contributed by atoms with Crippen LogP contribution >= 0.6 is 0 Å². The van der Waals surface area contributed by atoms with Gasteiger partial charge in [0.15, 0.2) is 0 Å². The monoisotopic (exact) mass is 285 g/mol. The Morgan fingerprint density at radius 3 is 2.67 bits per heavy atom. The van der Waals surface area contributed by atoms with Crippen molar-refractivity contribution >= 4 is 23.1 Å². The number of methoxy groups -OCH3 is 1. The van der Waals surface area contributed by atoms with E-state index < -0.39 is 0 Å². The highest BCUT2D eigenvalue weighted by atomic mass is 16.5. The summed E-state index contributed by atoms with van der Waals surface area (Å²) >= 11 is 0. The van der Waals surface area contributed by atoms with E-state index in [1.807, 2.05) is 37.3 Å². The number of hydrogen-bond donors (Lipinski definition) is 2. The predicted octanol–water partition coefficient (Wildman–Crippen LogP) is 3.34. The Hall–Kier alpha value is -2.69. The first-order valence-electron chi connectivity index (χ1n) is 6.72. The smallest absolute Gasteiger partial charge is 0.326 e. The lowest BCUT2D eigenvalue weighted by atomic mass is 10.2. The number of carbonyl (C=O) groups is 1. The molecule has 0 unspecified atom stereocenters. The topological polar surface area (TPSA) is 67.6 Å². The van der Waals surface area contributed by atoms with E-state index in [0.717, 1.165) is 5.69 Å². The van der Waals surface area contributed by atoms with Gasteiger partial charge in [0.1, 0.15) is 5.75 Å². The fourth-order valence-corrected chi connectivity index (χ4v) is 2.03. The minimum absolute atomic E-state index is 0.212. The molecule has 0 radical (unpaired) electrons. The molecule has 3 N–H and O–H groups in total. The summed E-state index contributed by atoms with van der Waals surface area (Å²) in [5, 5.41) is 2.85. The first-order chi connectivity index (χ1) is 10.1. The largest absolute Gasteiger partial charge is 0.497 e. The number of nitrogens with two attached hydrogens (primary N) is 1. The first kappa shape index (κ1) is 14.7. The Kier molecular flexibility index (Phi) is 4.66. The number of carbonyl (C=O) groups excluding carboxylic acids is 1. The van der Waals surface area contributed by atoms with Gasteiger partial charge in [0, 0.05) is 29.7 Å². The summed E-state index contributed by atoms with van der Waals surface area (Å²) in [6.07, 6.45) is 0. The summed E-state index contributed by atoms with van der Waals surface area (Å²) in [5.74, 6) is 0.694. The molecule has 5 nitrogen and oxygen atoms in total. The van der Waals surface area contributed by atoms with Gasteiger partial charge < -0.3 is 15.8 Å². The maximum absolute atomic E-state index is 12.4. The van der Waals surface area contributed by atoms with Gasteiger partial charge in [-0.1, -0.05) is 12.1 Å². The van der Waals surface area contributed by atoms with Crippen molar-refractivity contribution in [1.82, 2.24) is 0 Å². The third-order valence-corrected chi connectivity index (χ3v) is 3.06. The molecule has 0 aromatic heterocycles. The Labute approximate surface area is 124 Å². The SMILES string of the molecule is CCN(C(=O)Nc1cccc(OC)c1)c1cccc(N)c1. The van der Waals surface area contributed by atoms with Crippen LogP contribution in [0.5, 0.6) is 5.75 Å². The maximum atomic E-state index is 12.4. The van der Waals surface area contributed by atoms with Crippen LogP contribution in [0.15, 0.2) is 48.5 Å². The number of hydrogen-bond acceptors (Lipinski definition) is 3. The van der Waals surface area contributed by atoms with E-state index in [1.54, 1.807) is 30.2 Å². The van der Waals surface area contributed by atoms with Gasteiger partial charge in [-0.05, 0) is 37.3 Å². The van der Waals surface area contributed by atoms with Gasteiger partial charge >= 0.3 is 6.03 Å². The van der Waals surface area contributed by atoms with Crippen LogP contribution in [0.4, 0.5) is 21.9 Å². The molecule has 0 aliphatic rings. The number of ether oxygens (including phenoxy) is 1. The minimum atomic E-state index is -0.212. The van der Waals surface area contributed by atoms with Crippen LogP contribution in [0, 0.1) is 0 Å². The second-order valence-corrected chi connectivity index (χ2v) is 4.50. The summed E-state index contributed by atoms with van der Waals surface area (Å²) in [6, 6.07) is 14.3. The quantitative estimate of drug-likeness (QED) is 0.847. The van der Waals surface area contributed by atoms with Crippen molar-refractivity contribution in [1.29, 1.82) is 0 Å². The zero-order valence-corrected chi connectivity index (χ0v) is 12.2. The lowest BCUT2D eigenvalue weighted by Crippen LogP contribution is -2.34. The fraction of sp³-hybridized carbons (Fsp3) is 0.188. The van der Waals surface area contributed by atoms with Crippen molar-refractivity contribution in [3.8, 4) is 5.75 Å². The second-order valence-electron chi connectivity index (χ2n) is 4.50. The first-order valence-corrected chi connectivity index (χ1v) is 6.72. The molecule has 2 rings (SSSR count). The molecule has 0 heterocycles. The van der Waals surface area contributed by atoms with Crippen molar-refractivity contribution in [2.45, 2.75) is 6.92 Å². The van der Waals surface area contributed by atoms with Crippen molar-refractivity contribution in [2.75, 3.05) is 29.6 Å².